The molecule has 0 saturated carbocycles. The van der Waals surface area contributed by atoms with Crippen LogP contribution in [0.3, 0.4) is 0 Å². The summed E-state index contributed by atoms with van der Waals surface area (Å²) in [5, 5.41) is 2.91. The van der Waals surface area contributed by atoms with Crippen molar-refractivity contribution in [2.45, 2.75) is 12.8 Å². The van der Waals surface area contributed by atoms with Gasteiger partial charge in [-0.05, 0) is 47.0 Å². The Hall–Kier alpha value is -6.20. The monoisotopic (exact) mass is 702 g/mol. The van der Waals surface area contributed by atoms with E-state index in [9.17, 15) is 0 Å². The zero-order chi connectivity index (χ0) is 38.2. The van der Waals surface area contributed by atoms with Gasteiger partial charge in [0.2, 0.25) is 0 Å². The molecule has 5 nitrogen and oxygen atoms in total. The Balaban J connectivity index is 1.24. The number of aromatic nitrogens is 4. The third-order valence-corrected chi connectivity index (χ3v) is 10.7. The van der Waals surface area contributed by atoms with Crippen LogP contribution in [0.4, 0.5) is 0 Å². The molecule has 6 aromatic carbocycles. The highest BCUT2D eigenvalue weighted by Gasteiger charge is 2.26. The molecule has 0 saturated heterocycles. The average Bonchev–Trinajstić information content (AvgIpc) is 3.81. The first-order valence-electron chi connectivity index (χ1n) is 18.3. The number of hydrogen-bond acceptors (Lipinski definition) is 4. The molecule has 0 spiro atoms. The zero-order valence-corrected chi connectivity index (χ0v) is 30.1. The van der Waals surface area contributed by atoms with E-state index in [1.54, 1.807) is 0 Å². The van der Waals surface area contributed by atoms with Crippen LogP contribution in [0, 0.1) is 0 Å². The predicted molar refractivity (Wildman–Crippen MR) is 236 cm³/mol. The standard InChI is InChI=1S/C45H24B6N4O/c46-34-31-32-35(47)38(50)40(55-29-19-11-10-18-27(29)28-21-20-26(22-30(28)55)23-12-4-1-5-13-23)39(51)42(32)56-41(31)37(49)33(36(34)48)45-53-43(24-14-6-2-7-15-24)52-44(54-45)25-16-8-3-9-17-25/h2-4,6-22H,1,5H2. The summed E-state index contributed by atoms with van der Waals surface area (Å²) in [5.74, 6) is 1.10. The van der Waals surface area contributed by atoms with E-state index in [2.05, 4.69) is 47.1 Å². The number of allylic oxidation sites excluding steroid dienone is 4. The molecule has 0 amide bonds. The Labute approximate surface area is 331 Å². The minimum absolute atomic E-state index is 0.156. The molecular formula is C45H24B6N4O. The highest BCUT2D eigenvalue weighted by atomic mass is 16.3. The summed E-state index contributed by atoms with van der Waals surface area (Å²) in [6.45, 7) is 0. The molecule has 1 aliphatic carbocycles. The van der Waals surface area contributed by atoms with E-state index in [4.69, 9.17) is 66.4 Å². The topological polar surface area (TPSA) is 56.7 Å². The minimum atomic E-state index is 0.156. The number of furan rings is 1. The largest absolute Gasteiger partial charge is 0.457 e. The smallest absolute Gasteiger partial charge is 0.164 e. The molecule has 10 rings (SSSR count). The van der Waals surface area contributed by atoms with Crippen LogP contribution in [0.1, 0.15) is 18.4 Å². The van der Waals surface area contributed by atoms with Crippen LogP contribution in [0.15, 0.2) is 126 Å². The van der Waals surface area contributed by atoms with E-state index in [-0.39, 0.29) is 49.8 Å². The van der Waals surface area contributed by atoms with Crippen molar-refractivity contribution < 1.29 is 4.42 Å². The number of nitrogens with zero attached hydrogens (tertiary/aromatic N) is 4. The molecule has 0 bridgehead atoms. The predicted octanol–water partition coefficient (Wildman–Crippen LogP) is 4.37. The first-order chi connectivity index (χ1) is 27.3. The van der Waals surface area contributed by atoms with Gasteiger partial charge in [-0.1, -0.05) is 131 Å². The van der Waals surface area contributed by atoms with Gasteiger partial charge in [-0.15, -0.1) is 0 Å². The molecule has 0 N–H and O–H groups in total. The average molecular weight is 702 g/mol. The van der Waals surface area contributed by atoms with Gasteiger partial charge in [0, 0.05) is 43.9 Å². The van der Waals surface area contributed by atoms with E-state index in [1.807, 2.05) is 78.9 Å². The maximum atomic E-state index is 7.14. The summed E-state index contributed by atoms with van der Waals surface area (Å²) in [5.41, 5.74) is 8.23. The first kappa shape index (κ1) is 34.3. The van der Waals surface area contributed by atoms with Crippen molar-refractivity contribution in [3.8, 4) is 39.9 Å². The van der Waals surface area contributed by atoms with Crippen molar-refractivity contribution in [3.63, 3.8) is 0 Å². The molecule has 3 heterocycles. The van der Waals surface area contributed by atoms with E-state index in [0.717, 1.165) is 56.9 Å². The van der Waals surface area contributed by atoms with E-state index in [0.29, 0.717) is 33.7 Å². The Morgan fingerprint density at radius 1 is 0.500 bits per heavy atom. The second-order valence-corrected chi connectivity index (χ2v) is 14.0. The van der Waals surface area contributed by atoms with Gasteiger partial charge in [-0.25, -0.2) is 15.0 Å². The fourth-order valence-electron chi connectivity index (χ4n) is 7.99. The lowest BCUT2D eigenvalue weighted by Crippen LogP contribution is -2.38. The van der Waals surface area contributed by atoms with Gasteiger partial charge < -0.3 is 8.98 Å². The van der Waals surface area contributed by atoms with Crippen LogP contribution in [-0.2, 0) is 0 Å². The van der Waals surface area contributed by atoms with Gasteiger partial charge in [-0.2, -0.15) is 0 Å². The number of benzene rings is 6. The molecule has 9 aromatic rings. The molecule has 0 atom stereocenters. The van der Waals surface area contributed by atoms with Crippen LogP contribution in [0.5, 0.6) is 0 Å². The fourth-order valence-corrected chi connectivity index (χ4v) is 7.99. The lowest BCUT2D eigenvalue weighted by molar-refractivity contribution is 0.674. The van der Waals surface area contributed by atoms with Gasteiger partial charge in [0.25, 0.3) is 0 Å². The summed E-state index contributed by atoms with van der Waals surface area (Å²) in [6, 6.07) is 33.8. The van der Waals surface area contributed by atoms with Crippen molar-refractivity contribution in [2.75, 3.05) is 0 Å². The number of rotatable bonds is 5. The molecule has 12 radical (unpaired) electrons. The van der Waals surface area contributed by atoms with E-state index >= 15 is 0 Å². The van der Waals surface area contributed by atoms with Crippen molar-refractivity contribution in [3.05, 3.63) is 127 Å². The molecule has 248 valence electrons. The third kappa shape index (κ3) is 5.21. The van der Waals surface area contributed by atoms with Crippen molar-refractivity contribution in [2.24, 2.45) is 0 Å². The summed E-state index contributed by atoms with van der Waals surface area (Å²) in [7, 11) is 41.9. The maximum absolute atomic E-state index is 7.14. The summed E-state index contributed by atoms with van der Waals surface area (Å²) in [4.78, 5) is 14.5. The van der Waals surface area contributed by atoms with Crippen molar-refractivity contribution in [1.82, 2.24) is 19.5 Å². The second kappa shape index (κ2) is 13.2. The molecule has 56 heavy (non-hydrogen) atoms. The van der Waals surface area contributed by atoms with Gasteiger partial charge >= 0.3 is 0 Å². The summed E-state index contributed by atoms with van der Waals surface area (Å²) in [6.07, 6.45) is 8.63. The highest BCUT2D eigenvalue weighted by Crippen LogP contribution is 2.35. The van der Waals surface area contributed by atoms with Crippen LogP contribution >= 0.6 is 0 Å². The second-order valence-electron chi connectivity index (χ2n) is 14.0. The zero-order valence-electron chi connectivity index (χ0n) is 30.1. The summed E-state index contributed by atoms with van der Waals surface area (Å²) < 4.78 is 8.69. The van der Waals surface area contributed by atoms with Crippen LogP contribution in [0.2, 0.25) is 0 Å². The molecule has 3 aromatic heterocycles. The molecule has 11 heteroatoms. The van der Waals surface area contributed by atoms with Crippen LogP contribution in [0.25, 0.3) is 89.2 Å². The highest BCUT2D eigenvalue weighted by molar-refractivity contribution is 6.64. The Morgan fingerprint density at radius 2 is 1.09 bits per heavy atom. The number of fused-ring (bicyclic) bond motifs is 6. The molecule has 0 aliphatic heterocycles. The van der Waals surface area contributed by atoms with Crippen LogP contribution < -0.4 is 32.8 Å². The Kier molecular flexibility index (Phi) is 8.10. The Bertz CT molecular complexity index is 3090. The van der Waals surface area contributed by atoms with Crippen molar-refractivity contribution in [1.29, 1.82) is 0 Å². The van der Waals surface area contributed by atoms with Gasteiger partial charge in [0.1, 0.15) is 58.2 Å². The molecule has 1 aliphatic rings. The van der Waals surface area contributed by atoms with Crippen LogP contribution in [-0.4, -0.2) is 66.6 Å². The van der Waals surface area contributed by atoms with E-state index < -0.39 is 0 Å². The normalized spacial score (nSPS) is 13.0. The first-order valence-corrected chi connectivity index (χ1v) is 18.3. The molecular weight excluding hydrogens is 677 g/mol. The minimum Gasteiger partial charge on any atom is -0.457 e. The SMILES string of the molecule is [B]c1c(-c2nc(-c3ccccc3)nc(-c3ccccc3)n2)c([B])c2oc3c([B])c(-n4c5ccccc5c5ccc(C6=CCCC=C6)cc54)c([B])c([B])c3c2c1[B]. The lowest BCUT2D eigenvalue weighted by atomic mass is 9.68. The molecule has 0 unspecified atom stereocenters. The lowest BCUT2D eigenvalue weighted by Gasteiger charge is -2.19. The van der Waals surface area contributed by atoms with Crippen molar-refractivity contribution >= 4 is 129 Å². The van der Waals surface area contributed by atoms with Gasteiger partial charge in [-0.3, -0.25) is 0 Å². The molecule has 0 fully saturated rings. The maximum Gasteiger partial charge on any atom is 0.164 e. The summed E-state index contributed by atoms with van der Waals surface area (Å²) >= 11 is 0. The van der Waals surface area contributed by atoms with E-state index in [1.165, 1.54) is 0 Å². The Morgan fingerprint density at radius 3 is 1.75 bits per heavy atom. The fraction of sp³-hybridized carbons (Fsp3) is 0.0444. The quantitative estimate of drug-likeness (QED) is 0.251. The van der Waals surface area contributed by atoms with Gasteiger partial charge in [0.15, 0.2) is 17.5 Å². The van der Waals surface area contributed by atoms with Gasteiger partial charge in [0.05, 0.1) is 11.0 Å². The third-order valence-electron chi connectivity index (χ3n) is 10.7. The number of para-hydroxylation sites is 1. The number of hydrogen-bond donors (Lipinski definition) is 0.